The van der Waals surface area contributed by atoms with E-state index < -0.39 is 0 Å². The molecule has 0 bridgehead atoms. The zero-order chi connectivity index (χ0) is 12.1. The third-order valence-electron chi connectivity index (χ3n) is 2.57. The molecule has 1 aromatic carbocycles. The van der Waals surface area contributed by atoms with Gasteiger partial charge >= 0.3 is 0 Å². The summed E-state index contributed by atoms with van der Waals surface area (Å²) in [5, 5.41) is 7.86. The van der Waals surface area contributed by atoms with Crippen LogP contribution in [-0.2, 0) is 0 Å². The maximum absolute atomic E-state index is 7.86. The quantitative estimate of drug-likeness (QED) is 0.590. The van der Waals surface area contributed by atoms with Crippen LogP contribution in [0.4, 0.5) is 0 Å². The molecule has 0 aromatic heterocycles. The van der Waals surface area contributed by atoms with Crippen LogP contribution in [0.3, 0.4) is 0 Å². The number of nitrogens with one attached hydrogen (secondary N) is 1. The molecule has 1 aliphatic carbocycles. The molecular formula is C14H15N3. The maximum atomic E-state index is 7.86. The van der Waals surface area contributed by atoms with Crippen molar-refractivity contribution in [1.29, 1.82) is 5.41 Å². The Kier molecular flexibility index (Phi) is 3.50. The molecule has 86 valence electrons. The molecule has 0 spiro atoms. The normalized spacial score (nSPS) is 15.5. The van der Waals surface area contributed by atoms with Crippen LogP contribution < -0.4 is 5.73 Å². The smallest absolute Gasteiger partial charge is 0.154 e. The highest BCUT2D eigenvalue weighted by atomic mass is 14.9. The zero-order valence-corrected chi connectivity index (χ0v) is 9.56. The van der Waals surface area contributed by atoms with Gasteiger partial charge in [0.2, 0.25) is 0 Å². The molecule has 0 aliphatic heterocycles. The van der Waals surface area contributed by atoms with Crippen molar-refractivity contribution in [1.82, 2.24) is 0 Å². The topological polar surface area (TPSA) is 62.2 Å². The van der Waals surface area contributed by atoms with E-state index in [-0.39, 0.29) is 5.84 Å². The molecule has 17 heavy (non-hydrogen) atoms. The van der Waals surface area contributed by atoms with Gasteiger partial charge in [-0.1, -0.05) is 48.6 Å². The maximum Gasteiger partial charge on any atom is 0.154 e. The zero-order valence-electron chi connectivity index (χ0n) is 9.56. The number of hydrogen-bond donors (Lipinski definition) is 2. The van der Waals surface area contributed by atoms with Gasteiger partial charge in [-0.3, -0.25) is 5.41 Å². The van der Waals surface area contributed by atoms with Gasteiger partial charge in [0.15, 0.2) is 5.84 Å². The Balaban J connectivity index is 2.17. The fourth-order valence-electron chi connectivity index (χ4n) is 1.65. The molecule has 0 amide bonds. The van der Waals surface area contributed by atoms with Crippen LogP contribution in [0.2, 0.25) is 0 Å². The molecule has 0 atom stereocenters. The summed E-state index contributed by atoms with van der Waals surface area (Å²) >= 11 is 0. The van der Waals surface area contributed by atoms with Gasteiger partial charge in [0.25, 0.3) is 0 Å². The Labute approximate surface area is 101 Å². The number of rotatable bonds is 2. The highest BCUT2D eigenvalue weighted by Gasteiger charge is 2.04. The minimum Gasteiger partial charge on any atom is -0.383 e. The van der Waals surface area contributed by atoms with Crippen molar-refractivity contribution in [2.24, 2.45) is 10.7 Å². The molecule has 1 aromatic rings. The van der Waals surface area contributed by atoms with Crippen molar-refractivity contribution >= 4 is 11.7 Å². The average Bonchev–Trinajstić information content (AvgIpc) is 2.40. The van der Waals surface area contributed by atoms with Gasteiger partial charge in [-0.2, -0.15) is 0 Å². The predicted octanol–water partition coefficient (Wildman–Crippen LogP) is 2.65. The third-order valence-corrected chi connectivity index (χ3v) is 2.57. The minimum atomic E-state index is 0.197. The van der Waals surface area contributed by atoms with Gasteiger partial charge in [-0.05, 0) is 12.8 Å². The summed E-state index contributed by atoms with van der Waals surface area (Å²) in [5.74, 6) is 0.609. The second kappa shape index (κ2) is 5.25. The molecule has 0 heterocycles. The van der Waals surface area contributed by atoms with Crippen LogP contribution in [0.1, 0.15) is 18.4 Å². The lowest BCUT2D eigenvalue weighted by Crippen LogP contribution is -2.17. The molecule has 3 nitrogen and oxygen atoms in total. The summed E-state index contributed by atoms with van der Waals surface area (Å²) in [7, 11) is 0. The van der Waals surface area contributed by atoms with Crippen molar-refractivity contribution in [3.05, 3.63) is 59.7 Å². The van der Waals surface area contributed by atoms with Crippen molar-refractivity contribution in [3.63, 3.8) is 0 Å². The summed E-state index contributed by atoms with van der Waals surface area (Å²) < 4.78 is 0. The molecule has 0 saturated carbocycles. The summed E-state index contributed by atoms with van der Waals surface area (Å²) in [6, 6.07) is 9.38. The van der Waals surface area contributed by atoms with Crippen molar-refractivity contribution in [2.45, 2.75) is 12.8 Å². The summed E-state index contributed by atoms with van der Waals surface area (Å²) in [5.41, 5.74) is 7.56. The molecule has 1 aliphatic rings. The molecule has 2 rings (SSSR count). The standard InChI is InChI=1S/C14H15N3/c15-13(11-7-3-1-4-8-11)17-14(16)12-9-5-2-6-10-12/h1,3-5,7-10H,2,6H2,(H3,15,16,17). The Morgan fingerprint density at radius 3 is 2.59 bits per heavy atom. The number of nitrogens with two attached hydrogens (primary N) is 1. The lowest BCUT2D eigenvalue weighted by molar-refractivity contribution is 1.03. The molecule has 0 unspecified atom stereocenters. The largest absolute Gasteiger partial charge is 0.383 e. The Morgan fingerprint density at radius 1 is 1.18 bits per heavy atom. The molecular weight excluding hydrogens is 210 g/mol. The first kappa shape index (κ1) is 11.3. The Hall–Kier alpha value is -2.16. The van der Waals surface area contributed by atoms with Gasteiger partial charge in [0, 0.05) is 11.1 Å². The number of aliphatic imine (C=N–C) groups is 1. The molecule has 0 radical (unpaired) electrons. The second-order valence-corrected chi connectivity index (χ2v) is 3.85. The van der Waals surface area contributed by atoms with Crippen LogP contribution in [0.15, 0.2) is 59.1 Å². The van der Waals surface area contributed by atoms with E-state index in [0.29, 0.717) is 5.84 Å². The number of nitrogens with zero attached hydrogens (tertiary/aromatic N) is 1. The minimum absolute atomic E-state index is 0.197. The average molecular weight is 225 g/mol. The fraction of sp³-hybridized carbons (Fsp3) is 0.143. The highest BCUT2D eigenvalue weighted by molar-refractivity contribution is 6.10. The third kappa shape index (κ3) is 2.91. The van der Waals surface area contributed by atoms with Crippen LogP contribution in [0, 0.1) is 5.41 Å². The second-order valence-electron chi connectivity index (χ2n) is 3.85. The van der Waals surface area contributed by atoms with Gasteiger partial charge in [0.1, 0.15) is 5.84 Å². The molecule has 0 saturated heterocycles. The van der Waals surface area contributed by atoms with E-state index in [1.165, 1.54) is 0 Å². The van der Waals surface area contributed by atoms with E-state index in [2.05, 4.69) is 17.1 Å². The number of benzene rings is 1. The van der Waals surface area contributed by atoms with Crippen LogP contribution >= 0.6 is 0 Å². The van der Waals surface area contributed by atoms with E-state index in [1.54, 1.807) is 0 Å². The van der Waals surface area contributed by atoms with Crippen LogP contribution in [0.25, 0.3) is 0 Å². The highest BCUT2D eigenvalue weighted by Crippen LogP contribution is 2.10. The van der Waals surface area contributed by atoms with Crippen molar-refractivity contribution in [2.75, 3.05) is 0 Å². The van der Waals surface area contributed by atoms with Crippen molar-refractivity contribution < 1.29 is 0 Å². The first-order valence-electron chi connectivity index (χ1n) is 5.62. The summed E-state index contributed by atoms with van der Waals surface area (Å²) in [4.78, 5) is 4.13. The van der Waals surface area contributed by atoms with Crippen LogP contribution in [-0.4, -0.2) is 11.7 Å². The predicted molar refractivity (Wildman–Crippen MR) is 71.4 cm³/mol. The van der Waals surface area contributed by atoms with E-state index in [1.807, 2.05) is 36.4 Å². The number of hydrogen-bond acceptors (Lipinski definition) is 1. The van der Waals surface area contributed by atoms with E-state index in [4.69, 9.17) is 11.1 Å². The molecule has 3 heteroatoms. The summed E-state index contributed by atoms with van der Waals surface area (Å²) in [6.07, 6.45) is 8.12. The van der Waals surface area contributed by atoms with Gasteiger partial charge < -0.3 is 5.73 Å². The number of allylic oxidation sites excluding steroid dienone is 2. The first-order chi connectivity index (χ1) is 8.27. The van der Waals surface area contributed by atoms with Gasteiger partial charge in [-0.25, -0.2) is 4.99 Å². The van der Waals surface area contributed by atoms with Gasteiger partial charge in [-0.15, -0.1) is 0 Å². The summed E-state index contributed by atoms with van der Waals surface area (Å²) in [6.45, 7) is 0. The Morgan fingerprint density at radius 2 is 1.94 bits per heavy atom. The lowest BCUT2D eigenvalue weighted by Gasteiger charge is -2.06. The first-order valence-corrected chi connectivity index (χ1v) is 5.62. The SMILES string of the molecule is N=C(N=C(N)C1=CCCC=C1)c1ccccc1. The lowest BCUT2D eigenvalue weighted by atomic mass is 10.1. The monoisotopic (exact) mass is 225 g/mol. The van der Waals surface area contributed by atoms with Gasteiger partial charge in [0.05, 0.1) is 0 Å². The van der Waals surface area contributed by atoms with E-state index in [0.717, 1.165) is 24.0 Å². The fourth-order valence-corrected chi connectivity index (χ4v) is 1.65. The van der Waals surface area contributed by atoms with E-state index in [9.17, 15) is 0 Å². The number of amidine groups is 2. The molecule has 0 fully saturated rings. The molecule has 3 N–H and O–H groups in total. The van der Waals surface area contributed by atoms with Crippen molar-refractivity contribution in [3.8, 4) is 0 Å². The van der Waals surface area contributed by atoms with E-state index >= 15 is 0 Å². The van der Waals surface area contributed by atoms with Crippen LogP contribution in [0.5, 0.6) is 0 Å². The Bertz CT molecular complexity index is 495.